The van der Waals surface area contributed by atoms with E-state index in [1.807, 2.05) is 60.7 Å². The Morgan fingerprint density at radius 1 is 0.776 bits per heavy atom. The van der Waals surface area contributed by atoms with Gasteiger partial charge < -0.3 is 57.5 Å². The van der Waals surface area contributed by atoms with Crippen molar-refractivity contribution in [3.8, 4) is 0 Å². The monoisotopic (exact) mass is 1110 g/mol. The predicted octanol–water partition coefficient (Wildman–Crippen LogP) is 4.85. The molecule has 0 spiro atoms. The number of amides is 1. The molecule has 2 aliphatic rings. The number of rotatable bonds is 22. The van der Waals surface area contributed by atoms with Crippen molar-refractivity contribution in [1.29, 1.82) is 0 Å². The summed E-state index contributed by atoms with van der Waals surface area (Å²) >= 11 is 1.31. The van der Waals surface area contributed by atoms with Crippen molar-refractivity contribution < 1.29 is 85.7 Å². The zero-order chi connectivity index (χ0) is 56.2. The fourth-order valence-corrected chi connectivity index (χ4v) is 17.7. The highest BCUT2D eigenvalue weighted by Crippen LogP contribution is 2.43. The summed E-state index contributed by atoms with van der Waals surface area (Å²) in [5.41, 5.74) is -0.988. The molecule has 76 heavy (non-hydrogen) atoms. The van der Waals surface area contributed by atoms with Gasteiger partial charge in [0.05, 0.1) is 31.7 Å². The first-order valence-electron chi connectivity index (χ1n) is 25.0. The first kappa shape index (κ1) is 61.4. The van der Waals surface area contributed by atoms with Crippen LogP contribution >= 0.6 is 11.8 Å². The Hall–Kier alpha value is -5.47. The van der Waals surface area contributed by atoms with E-state index < -0.39 is 142 Å². The van der Waals surface area contributed by atoms with Crippen LogP contribution in [0.1, 0.15) is 72.2 Å². The van der Waals surface area contributed by atoms with Gasteiger partial charge in [0, 0.05) is 42.7 Å². The van der Waals surface area contributed by atoms with Crippen LogP contribution in [0.25, 0.3) is 0 Å². The summed E-state index contributed by atoms with van der Waals surface area (Å²) in [6.45, 7) is 17.2. The number of carbonyl (C=O) groups excluding carboxylic acids is 7. The van der Waals surface area contributed by atoms with Crippen LogP contribution in [0, 0.1) is 0 Å². The molecule has 0 unspecified atom stereocenters. The Kier molecular flexibility index (Phi) is 21.6. The van der Waals surface area contributed by atoms with Crippen molar-refractivity contribution in [2.75, 3.05) is 26.1 Å². The number of hydrogen-bond acceptors (Lipinski definition) is 19. The van der Waals surface area contributed by atoms with Crippen LogP contribution in [0.3, 0.4) is 0 Å². The van der Waals surface area contributed by atoms with Gasteiger partial charge in [0.25, 0.3) is 14.1 Å². The normalized spacial score (nSPS) is 24.6. The van der Waals surface area contributed by atoms with Crippen molar-refractivity contribution in [2.24, 2.45) is 0 Å². The summed E-state index contributed by atoms with van der Waals surface area (Å²) in [4.78, 5) is 93.3. The zero-order valence-electron chi connectivity index (χ0n) is 45.3. The maximum atomic E-state index is 14.9. The minimum atomic E-state index is -3.35. The molecule has 0 bridgehead atoms. The Bertz CT molecular complexity index is 2420. The minimum absolute atomic E-state index is 0.136. The van der Waals surface area contributed by atoms with Crippen LogP contribution < -0.4 is 15.7 Å². The largest absolute Gasteiger partial charge is 0.465 e. The summed E-state index contributed by atoms with van der Waals surface area (Å²) in [7, 11) is -4.07. The number of esters is 6. The second kappa shape index (κ2) is 26.7. The third-order valence-electron chi connectivity index (χ3n) is 12.7. The van der Waals surface area contributed by atoms with E-state index in [0.29, 0.717) is 5.75 Å². The number of nitrogens with one attached hydrogen (secondary N) is 1. The summed E-state index contributed by atoms with van der Waals surface area (Å²) in [5.74, 6) is -8.78. The number of benzene rings is 3. The van der Waals surface area contributed by atoms with Gasteiger partial charge in [-0.2, -0.15) is 0 Å². The quantitative estimate of drug-likeness (QED) is 0.0776. The molecule has 0 aliphatic carbocycles. The molecule has 0 aromatic heterocycles. The number of thioether (sulfide) groups is 1. The Morgan fingerprint density at radius 2 is 1.34 bits per heavy atom. The van der Waals surface area contributed by atoms with Gasteiger partial charge in [-0.25, -0.2) is 9.59 Å². The molecule has 416 valence electrons. The van der Waals surface area contributed by atoms with E-state index in [1.54, 1.807) is 18.2 Å². The van der Waals surface area contributed by atoms with Crippen LogP contribution in [0.15, 0.2) is 91.0 Å². The molecule has 3 aromatic carbocycles. The van der Waals surface area contributed by atoms with Crippen LogP contribution in [-0.2, 0) is 75.8 Å². The number of methoxy groups -OCH3 is 1. The Morgan fingerprint density at radius 3 is 1.83 bits per heavy atom. The molecule has 0 radical (unpaired) electrons. The Balaban J connectivity index is 1.77. The topological polar surface area (TPSA) is 244 Å². The molecule has 2 fully saturated rings. The fourth-order valence-electron chi connectivity index (χ4n) is 9.38. The molecule has 2 heterocycles. The van der Waals surface area contributed by atoms with Crippen molar-refractivity contribution >= 4 is 80.2 Å². The van der Waals surface area contributed by atoms with Crippen molar-refractivity contribution in [2.45, 2.75) is 159 Å². The Labute approximate surface area is 450 Å². The molecule has 2 aliphatic heterocycles. The average Bonchev–Trinajstić information content (AvgIpc) is 3.35. The third-order valence-corrected chi connectivity index (χ3v) is 21.0. The molecule has 0 saturated carbocycles. The van der Waals surface area contributed by atoms with Crippen LogP contribution in [0.5, 0.6) is 0 Å². The highest BCUT2D eigenvalue weighted by molar-refractivity contribution is 7.99. The molecule has 1 amide bonds. The van der Waals surface area contributed by atoms with Gasteiger partial charge in [0.2, 0.25) is 5.91 Å². The molecule has 22 heteroatoms. The van der Waals surface area contributed by atoms with Gasteiger partial charge in [0.1, 0.15) is 42.6 Å². The summed E-state index contributed by atoms with van der Waals surface area (Å²) in [6.07, 6.45) is -14.3. The molecule has 5 rings (SSSR count). The maximum absolute atomic E-state index is 14.9. The highest BCUT2D eigenvalue weighted by Gasteiger charge is 2.63. The summed E-state index contributed by atoms with van der Waals surface area (Å²) in [6, 6.07) is 26.9. The van der Waals surface area contributed by atoms with Gasteiger partial charge in [-0.05, 0) is 39.3 Å². The maximum Gasteiger partial charge on any atom is 0.366 e. The smallest absolute Gasteiger partial charge is 0.366 e. The van der Waals surface area contributed by atoms with Gasteiger partial charge in [0.15, 0.2) is 18.3 Å². The van der Waals surface area contributed by atoms with Crippen molar-refractivity contribution in [3.63, 3.8) is 0 Å². The van der Waals surface area contributed by atoms with E-state index >= 15 is 0 Å². The number of carbonyl (C=O) groups is 7. The summed E-state index contributed by atoms with van der Waals surface area (Å²) < 4.78 is 62.1. The third kappa shape index (κ3) is 15.8. The molecule has 2 saturated heterocycles. The summed E-state index contributed by atoms with van der Waals surface area (Å²) in [5, 5.41) is 17.0. The number of ether oxygens (including phenoxy) is 9. The lowest BCUT2D eigenvalue weighted by Gasteiger charge is -2.52. The van der Waals surface area contributed by atoms with Gasteiger partial charge in [-0.15, -0.1) is 11.8 Å². The highest BCUT2D eigenvalue weighted by atomic mass is 32.2. The van der Waals surface area contributed by atoms with Gasteiger partial charge >= 0.3 is 35.8 Å². The number of aliphatic hydroxyl groups is 1. The van der Waals surface area contributed by atoms with Crippen LogP contribution in [-0.4, -0.2) is 155 Å². The first-order valence-corrected chi connectivity index (χ1v) is 31.7. The van der Waals surface area contributed by atoms with Crippen molar-refractivity contribution in [1.82, 2.24) is 5.32 Å². The predicted molar refractivity (Wildman–Crippen MR) is 285 cm³/mol. The van der Waals surface area contributed by atoms with Crippen LogP contribution in [0.2, 0.25) is 30.7 Å². The van der Waals surface area contributed by atoms with Gasteiger partial charge in [-0.1, -0.05) is 119 Å². The fraction of sp³-hybridized carbons (Fsp3) is 0.537. The molecular formula is C54H73NO18SSi2. The van der Waals surface area contributed by atoms with Crippen LogP contribution in [0.4, 0.5) is 0 Å². The minimum Gasteiger partial charge on any atom is -0.465 e. The lowest BCUT2D eigenvalue weighted by Crippen LogP contribution is -2.72. The lowest BCUT2D eigenvalue weighted by molar-refractivity contribution is -0.350. The van der Waals surface area contributed by atoms with E-state index in [9.17, 15) is 38.7 Å². The number of aliphatic hydroxyl groups excluding tert-OH is 1. The van der Waals surface area contributed by atoms with E-state index in [1.165, 1.54) is 23.9 Å². The first-order chi connectivity index (χ1) is 35.7. The molecule has 2 N–H and O–H groups in total. The second-order valence-corrected chi connectivity index (χ2v) is 32.1. The SMILES string of the molecule is COC(=O)[C@@]1(O[C@H]2[C@@H](O)[C@@H](CO[Si](c3ccccc3)(c3ccccc3)C(C)(C)C)O[C@@H](SCC[Si](C)(C)C)[C@@H]2OC(=O)c2ccccc2)C[C@H](OC(C)=O)[C@@H](NC(C)=O)[C@H]([C@H](OC(C)=O)[C@@H](COC(C)=O)OC(C)=O)O1. The zero-order valence-corrected chi connectivity index (χ0v) is 48.1. The van der Waals surface area contributed by atoms with E-state index in [0.717, 1.165) is 58.1 Å². The average molecular weight is 1110 g/mol. The molecule has 19 nitrogen and oxygen atoms in total. The molecule has 11 atom stereocenters. The van der Waals surface area contributed by atoms with E-state index in [4.69, 9.17) is 47.1 Å². The van der Waals surface area contributed by atoms with E-state index in [-0.39, 0.29) is 12.2 Å². The second-order valence-electron chi connectivity index (χ2n) is 20.9. The van der Waals surface area contributed by atoms with Crippen molar-refractivity contribution in [3.05, 3.63) is 96.6 Å². The van der Waals surface area contributed by atoms with E-state index in [2.05, 4.69) is 45.7 Å². The molecular weight excluding hydrogens is 1040 g/mol. The number of hydrogen-bond donors (Lipinski definition) is 2. The van der Waals surface area contributed by atoms with Gasteiger partial charge in [-0.3, -0.25) is 24.0 Å². The lowest BCUT2D eigenvalue weighted by atomic mass is 9.87. The standard InChI is InChI=1S/C54H73NO18SSi2/c1-33(56)55-44-41(67-35(3)58)30-54(52(63)64-9,72-47(44)46(69-37(5)60)43(68-36(4)59)31-65-34(2)57)73-48-45(61)42(32-66-76(53(6,7)8,39-24-18-14-19-25-39)40-26-20-15-21-27-40)70-51(74-28-29-75(10,11)12)49(48)71-50(62)38-22-16-13-17-23-38/h13-27,41-49,51,61H,28-32H2,1-12H3,(H,55,56)/t41-,42+,43+,44+,45-,46+,47+,48-,49+,51-,54-/m0/s1. The molecule has 3 aromatic rings.